The zero-order valence-electron chi connectivity index (χ0n) is 12.4. The van der Waals surface area contributed by atoms with Crippen LogP contribution in [0.3, 0.4) is 0 Å². The van der Waals surface area contributed by atoms with Crippen LogP contribution in [0.2, 0.25) is 0 Å². The van der Waals surface area contributed by atoms with Crippen molar-refractivity contribution in [3.63, 3.8) is 0 Å². The van der Waals surface area contributed by atoms with Gasteiger partial charge in [-0.2, -0.15) is 0 Å². The molecule has 1 heterocycles. The van der Waals surface area contributed by atoms with E-state index in [1.54, 1.807) is 0 Å². The van der Waals surface area contributed by atoms with E-state index in [-0.39, 0.29) is 0 Å². The first kappa shape index (κ1) is 13.3. The van der Waals surface area contributed by atoms with Crippen LogP contribution in [0, 0.1) is 13.8 Å². The van der Waals surface area contributed by atoms with Crippen LogP contribution < -0.4 is 5.32 Å². The van der Waals surface area contributed by atoms with Crippen LogP contribution >= 0.6 is 0 Å². The highest BCUT2D eigenvalue weighted by atomic mass is 14.9. The summed E-state index contributed by atoms with van der Waals surface area (Å²) < 4.78 is 0. The average Bonchev–Trinajstić information content (AvgIpc) is 2.49. The molecule has 1 N–H and O–H groups in total. The van der Waals surface area contributed by atoms with Gasteiger partial charge in [-0.15, -0.1) is 0 Å². The molecular weight excluding hydrogens is 246 g/mol. The first-order valence-electron chi connectivity index (χ1n) is 7.30. The van der Waals surface area contributed by atoms with Crippen LogP contribution in [-0.4, -0.2) is 17.0 Å². The monoisotopic (exact) mass is 267 g/mol. The molecule has 0 aliphatic heterocycles. The highest BCUT2D eigenvalue weighted by Gasteiger charge is 2.21. The molecule has 0 saturated heterocycles. The molecule has 0 amide bonds. The fraction of sp³-hybridized carbons (Fsp3) is 0.412. The first-order chi connectivity index (χ1) is 9.70. The van der Waals surface area contributed by atoms with E-state index in [9.17, 15) is 0 Å². The predicted molar refractivity (Wildman–Crippen MR) is 81.7 cm³/mol. The van der Waals surface area contributed by atoms with Gasteiger partial charge in [0.2, 0.25) is 0 Å². The largest absolute Gasteiger partial charge is 0.313 e. The van der Waals surface area contributed by atoms with E-state index in [1.807, 2.05) is 13.2 Å². The van der Waals surface area contributed by atoms with Crippen molar-refractivity contribution in [2.24, 2.45) is 0 Å². The summed E-state index contributed by atoms with van der Waals surface area (Å²) in [5.74, 6) is 0.863. The molecule has 1 aromatic heterocycles. The lowest BCUT2D eigenvalue weighted by atomic mass is 9.92. The van der Waals surface area contributed by atoms with Gasteiger partial charge in [-0.25, -0.2) is 9.97 Å². The fourth-order valence-corrected chi connectivity index (χ4v) is 2.97. The molecule has 3 nitrogen and oxygen atoms in total. The molecule has 104 valence electrons. The summed E-state index contributed by atoms with van der Waals surface area (Å²) in [7, 11) is 2.01. The van der Waals surface area contributed by atoms with Gasteiger partial charge in [0, 0.05) is 29.1 Å². The Hall–Kier alpha value is -1.74. The molecule has 1 unspecified atom stereocenters. The van der Waals surface area contributed by atoms with Crippen molar-refractivity contribution in [3.8, 4) is 11.4 Å². The Bertz CT molecular complexity index is 634. The number of aromatic nitrogens is 2. The summed E-state index contributed by atoms with van der Waals surface area (Å²) in [5.41, 5.74) is 6.19. The molecule has 1 aromatic carbocycles. The van der Waals surface area contributed by atoms with Crippen molar-refractivity contribution < 1.29 is 0 Å². The van der Waals surface area contributed by atoms with E-state index in [4.69, 9.17) is 4.98 Å². The molecule has 0 fully saturated rings. The second-order valence-corrected chi connectivity index (χ2v) is 5.58. The Kier molecular flexibility index (Phi) is 3.53. The SMILES string of the molecule is CNC1CCCc2nc(-c3cccc(C)c3C)ncc21. The van der Waals surface area contributed by atoms with E-state index in [2.05, 4.69) is 42.3 Å². The number of hydrogen-bond donors (Lipinski definition) is 1. The molecule has 0 bridgehead atoms. The Labute approximate surface area is 120 Å². The van der Waals surface area contributed by atoms with Gasteiger partial charge < -0.3 is 5.32 Å². The maximum Gasteiger partial charge on any atom is 0.159 e. The van der Waals surface area contributed by atoms with E-state index >= 15 is 0 Å². The zero-order chi connectivity index (χ0) is 14.1. The molecule has 0 spiro atoms. The second-order valence-electron chi connectivity index (χ2n) is 5.58. The van der Waals surface area contributed by atoms with Gasteiger partial charge in [-0.3, -0.25) is 0 Å². The van der Waals surface area contributed by atoms with Crippen molar-refractivity contribution in [1.82, 2.24) is 15.3 Å². The summed E-state index contributed by atoms with van der Waals surface area (Å²) in [4.78, 5) is 9.44. The van der Waals surface area contributed by atoms with E-state index in [1.165, 1.54) is 35.2 Å². The summed E-state index contributed by atoms with van der Waals surface area (Å²) in [5, 5.41) is 3.36. The number of hydrogen-bond acceptors (Lipinski definition) is 3. The molecule has 1 atom stereocenters. The Morgan fingerprint density at radius 1 is 1.25 bits per heavy atom. The molecular formula is C17H21N3. The third kappa shape index (κ3) is 2.22. The Balaban J connectivity index is 2.06. The van der Waals surface area contributed by atoms with Crippen molar-refractivity contribution in [3.05, 3.63) is 46.8 Å². The zero-order valence-corrected chi connectivity index (χ0v) is 12.4. The highest BCUT2D eigenvalue weighted by Crippen LogP contribution is 2.30. The van der Waals surface area contributed by atoms with Crippen molar-refractivity contribution in [2.75, 3.05) is 7.05 Å². The predicted octanol–water partition coefficient (Wildman–Crippen LogP) is 3.36. The second kappa shape index (κ2) is 5.33. The average molecular weight is 267 g/mol. The van der Waals surface area contributed by atoms with Gasteiger partial charge in [0.1, 0.15) is 0 Å². The molecule has 1 aliphatic rings. The van der Waals surface area contributed by atoms with Crippen LogP contribution in [0.1, 0.15) is 41.3 Å². The standard InChI is InChI=1S/C17H21N3/c1-11-6-4-7-13(12(11)2)17-19-10-14-15(18-3)8-5-9-16(14)20-17/h4,6-7,10,15,18H,5,8-9H2,1-3H3. The van der Waals surface area contributed by atoms with Crippen LogP contribution in [0.25, 0.3) is 11.4 Å². The van der Waals surface area contributed by atoms with Crippen molar-refractivity contribution in [2.45, 2.75) is 39.2 Å². The van der Waals surface area contributed by atoms with Gasteiger partial charge in [0.05, 0.1) is 0 Å². The van der Waals surface area contributed by atoms with E-state index in [0.717, 1.165) is 17.8 Å². The minimum absolute atomic E-state index is 0.409. The lowest BCUT2D eigenvalue weighted by molar-refractivity contribution is 0.488. The van der Waals surface area contributed by atoms with Gasteiger partial charge in [0.25, 0.3) is 0 Å². The van der Waals surface area contributed by atoms with Crippen LogP contribution in [0.15, 0.2) is 24.4 Å². The van der Waals surface area contributed by atoms with E-state index in [0.29, 0.717) is 6.04 Å². The third-order valence-electron chi connectivity index (χ3n) is 4.38. The molecule has 1 aliphatic carbocycles. The molecule has 0 saturated carbocycles. The van der Waals surface area contributed by atoms with Crippen LogP contribution in [0.5, 0.6) is 0 Å². The molecule has 3 heteroatoms. The smallest absolute Gasteiger partial charge is 0.159 e. The van der Waals surface area contributed by atoms with Crippen molar-refractivity contribution >= 4 is 0 Å². The summed E-state index contributed by atoms with van der Waals surface area (Å²) >= 11 is 0. The minimum Gasteiger partial charge on any atom is -0.313 e. The Morgan fingerprint density at radius 2 is 2.10 bits per heavy atom. The quantitative estimate of drug-likeness (QED) is 0.906. The molecule has 20 heavy (non-hydrogen) atoms. The maximum atomic E-state index is 4.83. The van der Waals surface area contributed by atoms with Gasteiger partial charge in [0.15, 0.2) is 5.82 Å². The topological polar surface area (TPSA) is 37.8 Å². The van der Waals surface area contributed by atoms with Gasteiger partial charge in [-0.05, 0) is 51.3 Å². The third-order valence-corrected chi connectivity index (χ3v) is 4.38. The lowest BCUT2D eigenvalue weighted by Gasteiger charge is -2.24. The highest BCUT2D eigenvalue weighted by molar-refractivity contribution is 5.62. The molecule has 0 radical (unpaired) electrons. The number of nitrogens with zero attached hydrogens (tertiary/aromatic N) is 2. The van der Waals surface area contributed by atoms with Crippen molar-refractivity contribution in [1.29, 1.82) is 0 Å². The molecule has 2 aromatic rings. The number of benzene rings is 1. The van der Waals surface area contributed by atoms with Crippen LogP contribution in [-0.2, 0) is 6.42 Å². The summed E-state index contributed by atoms with van der Waals surface area (Å²) in [6, 6.07) is 6.74. The van der Waals surface area contributed by atoms with E-state index < -0.39 is 0 Å². The number of rotatable bonds is 2. The fourth-order valence-electron chi connectivity index (χ4n) is 2.97. The lowest BCUT2D eigenvalue weighted by Crippen LogP contribution is -2.22. The summed E-state index contributed by atoms with van der Waals surface area (Å²) in [6.07, 6.45) is 5.45. The first-order valence-corrected chi connectivity index (χ1v) is 7.30. The van der Waals surface area contributed by atoms with Crippen LogP contribution in [0.4, 0.5) is 0 Å². The van der Waals surface area contributed by atoms with Gasteiger partial charge in [-0.1, -0.05) is 18.2 Å². The molecule has 3 rings (SSSR count). The Morgan fingerprint density at radius 3 is 2.90 bits per heavy atom. The van der Waals surface area contributed by atoms with Gasteiger partial charge >= 0.3 is 0 Å². The summed E-state index contributed by atoms with van der Waals surface area (Å²) in [6.45, 7) is 4.28. The number of fused-ring (bicyclic) bond motifs is 1. The number of nitrogens with one attached hydrogen (secondary N) is 1. The minimum atomic E-state index is 0.409. The number of aryl methyl sites for hydroxylation is 2. The maximum absolute atomic E-state index is 4.83. The normalized spacial score (nSPS) is 17.9.